The number of aromatic nitrogens is 2. The Morgan fingerprint density at radius 3 is 2.31 bits per heavy atom. The Labute approximate surface area is 150 Å². The molecule has 1 amide bonds. The Bertz CT molecular complexity index is 883. The van der Waals surface area contributed by atoms with Crippen molar-refractivity contribution >= 4 is 11.6 Å². The third-order valence-electron chi connectivity index (χ3n) is 3.49. The number of para-hydroxylation sites is 2. The van der Waals surface area contributed by atoms with Crippen LogP contribution in [0, 0.1) is 0 Å². The van der Waals surface area contributed by atoms with Crippen molar-refractivity contribution in [1.82, 2.24) is 9.97 Å². The van der Waals surface area contributed by atoms with Gasteiger partial charge in [-0.3, -0.25) is 4.79 Å². The molecule has 0 saturated carbocycles. The van der Waals surface area contributed by atoms with Crippen LogP contribution in [-0.2, 0) is 0 Å². The maximum atomic E-state index is 12.5. The minimum absolute atomic E-state index is 0.188. The number of methoxy groups -OCH3 is 2. The van der Waals surface area contributed by atoms with Crippen LogP contribution in [-0.4, -0.2) is 30.1 Å². The molecule has 7 nitrogen and oxygen atoms in total. The molecule has 7 heteroatoms. The van der Waals surface area contributed by atoms with E-state index in [4.69, 9.17) is 14.2 Å². The topological polar surface area (TPSA) is 82.6 Å². The van der Waals surface area contributed by atoms with E-state index in [1.165, 1.54) is 26.6 Å². The van der Waals surface area contributed by atoms with Crippen molar-refractivity contribution in [3.63, 3.8) is 0 Å². The first-order valence-electron chi connectivity index (χ1n) is 7.78. The Morgan fingerprint density at radius 2 is 1.65 bits per heavy atom. The van der Waals surface area contributed by atoms with Crippen LogP contribution in [0.2, 0.25) is 0 Å². The lowest BCUT2D eigenvalue weighted by atomic mass is 10.1. The average Bonchev–Trinajstić information content (AvgIpc) is 2.69. The molecule has 3 rings (SSSR count). The van der Waals surface area contributed by atoms with Crippen molar-refractivity contribution in [2.24, 2.45) is 0 Å². The highest BCUT2D eigenvalue weighted by Crippen LogP contribution is 2.31. The van der Waals surface area contributed by atoms with E-state index >= 15 is 0 Å². The van der Waals surface area contributed by atoms with Crippen molar-refractivity contribution in [1.29, 1.82) is 0 Å². The summed E-state index contributed by atoms with van der Waals surface area (Å²) in [6.45, 7) is 0. The first-order chi connectivity index (χ1) is 12.7. The summed E-state index contributed by atoms with van der Waals surface area (Å²) in [5.41, 5.74) is 0.775. The zero-order valence-electron chi connectivity index (χ0n) is 14.3. The van der Waals surface area contributed by atoms with Gasteiger partial charge < -0.3 is 19.5 Å². The Hall–Kier alpha value is -3.61. The summed E-state index contributed by atoms with van der Waals surface area (Å²) in [6.07, 6.45) is 2.94. The molecule has 0 aliphatic carbocycles. The molecule has 0 bridgehead atoms. The monoisotopic (exact) mass is 351 g/mol. The fourth-order valence-corrected chi connectivity index (χ4v) is 2.29. The second-order valence-corrected chi connectivity index (χ2v) is 5.16. The maximum Gasteiger partial charge on any atom is 0.322 e. The normalized spacial score (nSPS) is 10.1. The Morgan fingerprint density at radius 1 is 0.923 bits per heavy atom. The molecule has 0 saturated heterocycles. The third-order valence-corrected chi connectivity index (χ3v) is 3.49. The van der Waals surface area contributed by atoms with E-state index in [2.05, 4.69) is 15.3 Å². The van der Waals surface area contributed by atoms with Crippen LogP contribution in [0.4, 0.5) is 5.69 Å². The van der Waals surface area contributed by atoms with Gasteiger partial charge in [0.05, 0.1) is 37.9 Å². The minimum Gasteiger partial charge on any atom is -0.493 e. The highest BCUT2D eigenvalue weighted by Gasteiger charge is 2.16. The summed E-state index contributed by atoms with van der Waals surface area (Å²) in [5.74, 6) is 1.10. The van der Waals surface area contributed by atoms with Crippen LogP contribution in [0.15, 0.2) is 60.9 Å². The van der Waals surface area contributed by atoms with Crippen LogP contribution in [0.25, 0.3) is 0 Å². The summed E-state index contributed by atoms with van der Waals surface area (Å²) < 4.78 is 16.0. The lowest BCUT2D eigenvalue weighted by Crippen LogP contribution is -2.14. The molecule has 1 heterocycles. The molecule has 0 spiro atoms. The zero-order chi connectivity index (χ0) is 18.4. The van der Waals surface area contributed by atoms with Crippen LogP contribution in [0.5, 0.6) is 23.3 Å². The third kappa shape index (κ3) is 3.89. The highest BCUT2D eigenvalue weighted by molar-refractivity contribution is 6.06. The molecule has 0 unspecified atom stereocenters. The molecule has 0 atom stereocenters. The molecule has 0 radical (unpaired) electrons. The number of ether oxygens (including phenoxy) is 3. The van der Waals surface area contributed by atoms with Gasteiger partial charge in [0.25, 0.3) is 5.91 Å². The van der Waals surface area contributed by atoms with E-state index in [1.54, 1.807) is 30.3 Å². The van der Waals surface area contributed by atoms with Crippen LogP contribution >= 0.6 is 0 Å². The second-order valence-electron chi connectivity index (χ2n) is 5.16. The number of nitrogens with one attached hydrogen (secondary N) is 1. The summed E-state index contributed by atoms with van der Waals surface area (Å²) in [4.78, 5) is 20.7. The number of carbonyl (C=O) groups excluding carboxylic acids is 1. The Kier molecular flexibility index (Phi) is 5.28. The van der Waals surface area contributed by atoms with Crippen molar-refractivity contribution < 1.29 is 19.0 Å². The highest BCUT2D eigenvalue weighted by atomic mass is 16.5. The second kappa shape index (κ2) is 7.98. The molecular weight excluding hydrogens is 334 g/mol. The van der Waals surface area contributed by atoms with E-state index in [-0.39, 0.29) is 11.9 Å². The summed E-state index contributed by atoms with van der Waals surface area (Å²) in [6, 6.07) is 14.5. The van der Waals surface area contributed by atoms with Crippen molar-refractivity contribution in [2.75, 3.05) is 19.5 Å². The zero-order valence-corrected chi connectivity index (χ0v) is 14.3. The SMILES string of the molecule is COc1cccc(C(=O)Nc2cnc(Oc3ccccc3)nc2)c1OC. The molecule has 1 aromatic heterocycles. The van der Waals surface area contributed by atoms with E-state index in [0.29, 0.717) is 28.5 Å². The fourth-order valence-electron chi connectivity index (χ4n) is 2.29. The standard InChI is InChI=1S/C19H17N3O4/c1-24-16-10-6-9-15(17(16)25-2)18(23)22-13-11-20-19(21-12-13)26-14-7-4-3-5-8-14/h3-12H,1-2H3,(H,22,23). The fraction of sp³-hybridized carbons (Fsp3) is 0.105. The van der Waals surface area contributed by atoms with Gasteiger partial charge in [-0.05, 0) is 24.3 Å². The summed E-state index contributed by atoms with van der Waals surface area (Å²) in [5, 5.41) is 2.72. The van der Waals surface area contributed by atoms with Crippen LogP contribution in [0.1, 0.15) is 10.4 Å². The van der Waals surface area contributed by atoms with Gasteiger partial charge >= 0.3 is 6.01 Å². The van der Waals surface area contributed by atoms with Gasteiger partial charge in [0, 0.05) is 0 Å². The largest absolute Gasteiger partial charge is 0.493 e. The molecule has 132 valence electrons. The average molecular weight is 351 g/mol. The number of amides is 1. The van der Waals surface area contributed by atoms with E-state index in [0.717, 1.165) is 0 Å². The first-order valence-corrected chi connectivity index (χ1v) is 7.78. The Balaban J connectivity index is 1.72. The van der Waals surface area contributed by atoms with Gasteiger partial charge in [-0.25, -0.2) is 9.97 Å². The van der Waals surface area contributed by atoms with Crippen molar-refractivity contribution in [3.05, 3.63) is 66.5 Å². The van der Waals surface area contributed by atoms with E-state index < -0.39 is 0 Å². The van der Waals surface area contributed by atoms with Gasteiger partial charge in [0.15, 0.2) is 11.5 Å². The quantitative estimate of drug-likeness (QED) is 0.731. The van der Waals surface area contributed by atoms with Crippen LogP contribution < -0.4 is 19.5 Å². The summed E-state index contributed by atoms with van der Waals surface area (Å²) >= 11 is 0. The summed E-state index contributed by atoms with van der Waals surface area (Å²) in [7, 11) is 2.99. The lowest BCUT2D eigenvalue weighted by Gasteiger charge is -2.12. The van der Waals surface area contributed by atoms with Gasteiger partial charge in [-0.2, -0.15) is 0 Å². The predicted octanol–water partition coefficient (Wildman–Crippen LogP) is 3.54. The molecule has 0 fully saturated rings. The van der Waals surface area contributed by atoms with Gasteiger partial charge in [-0.1, -0.05) is 24.3 Å². The molecule has 0 aliphatic heterocycles. The lowest BCUT2D eigenvalue weighted by molar-refractivity contribution is 0.102. The smallest absolute Gasteiger partial charge is 0.322 e. The van der Waals surface area contributed by atoms with Gasteiger partial charge in [0.2, 0.25) is 0 Å². The van der Waals surface area contributed by atoms with Crippen LogP contribution in [0.3, 0.4) is 0 Å². The number of benzene rings is 2. The number of carbonyl (C=O) groups is 1. The number of hydrogen-bond donors (Lipinski definition) is 1. The number of rotatable bonds is 6. The number of anilines is 1. The molecule has 26 heavy (non-hydrogen) atoms. The number of hydrogen-bond acceptors (Lipinski definition) is 6. The van der Waals surface area contributed by atoms with Crippen molar-refractivity contribution in [3.8, 4) is 23.3 Å². The maximum absolute atomic E-state index is 12.5. The van der Waals surface area contributed by atoms with Crippen molar-refractivity contribution in [2.45, 2.75) is 0 Å². The molecule has 2 aromatic carbocycles. The molecular formula is C19H17N3O4. The van der Waals surface area contributed by atoms with Gasteiger partial charge in [-0.15, -0.1) is 0 Å². The molecule has 1 N–H and O–H groups in total. The first kappa shape index (κ1) is 17.2. The number of nitrogens with zero attached hydrogens (tertiary/aromatic N) is 2. The van der Waals surface area contributed by atoms with E-state index in [1.807, 2.05) is 18.2 Å². The molecule has 0 aliphatic rings. The molecule has 3 aromatic rings. The van der Waals surface area contributed by atoms with Gasteiger partial charge in [0.1, 0.15) is 5.75 Å². The van der Waals surface area contributed by atoms with E-state index in [9.17, 15) is 4.79 Å². The minimum atomic E-state index is -0.360. The predicted molar refractivity (Wildman–Crippen MR) is 96.0 cm³/mol.